The lowest BCUT2D eigenvalue weighted by Gasteiger charge is -2.26. The molecule has 2 rings (SSSR count). The highest BCUT2D eigenvalue weighted by molar-refractivity contribution is 5.69. The van der Waals surface area contributed by atoms with Gasteiger partial charge in [-0.05, 0) is 51.0 Å². The predicted molar refractivity (Wildman–Crippen MR) is 64.9 cm³/mol. The molecule has 0 aromatic rings. The highest BCUT2D eigenvalue weighted by Gasteiger charge is 2.25. The van der Waals surface area contributed by atoms with Crippen LogP contribution in [0.5, 0.6) is 0 Å². The number of aliphatic carboxylic acids is 1. The van der Waals surface area contributed by atoms with Crippen LogP contribution in [-0.4, -0.2) is 36.9 Å². The zero-order valence-corrected chi connectivity index (χ0v) is 10.4. The summed E-state index contributed by atoms with van der Waals surface area (Å²) in [6, 6.07) is 0. The number of rotatable bonds is 5. The van der Waals surface area contributed by atoms with Crippen LogP contribution in [0.1, 0.15) is 38.5 Å². The minimum atomic E-state index is -0.615. The zero-order valence-electron chi connectivity index (χ0n) is 10.4. The van der Waals surface area contributed by atoms with E-state index in [-0.39, 0.29) is 5.92 Å². The minimum absolute atomic E-state index is 0.0931. The third kappa shape index (κ3) is 3.96. The average Bonchev–Trinajstić information content (AvgIpc) is 2.83. The number of carboxylic acids is 1. The molecule has 1 atom stereocenters. The molecule has 0 amide bonds. The van der Waals surface area contributed by atoms with Gasteiger partial charge in [-0.3, -0.25) is 4.79 Å². The van der Waals surface area contributed by atoms with E-state index in [1.807, 2.05) is 0 Å². The third-order valence-corrected chi connectivity index (χ3v) is 4.03. The van der Waals surface area contributed by atoms with E-state index < -0.39 is 5.97 Å². The van der Waals surface area contributed by atoms with Gasteiger partial charge in [0, 0.05) is 13.2 Å². The summed E-state index contributed by atoms with van der Waals surface area (Å²) < 4.78 is 5.55. The summed E-state index contributed by atoms with van der Waals surface area (Å²) >= 11 is 0. The van der Waals surface area contributed by atoms with E-state index in [1.165, 1.54) is 12.8 Å². The summed E-state index contributed by atoms with van der Waals surface area (Å²) in [6.45, 7) is 2.89. The van der Waals surface area contributed by atoms with Gasteiger partial charge < -0.3 is 15.2 Å². The Bertz CT molecular complexity index is 243. The van der Waals surface area contributed by atoms with Gasteiger partial charge in [-0.25, -0.2) is 0 Å². The normalized spacial score (nSPS) is 33.8. The van der Waals surface area contributed by atoms with E-state index in [4.69, 9.17) is 9.84 Å². The predicted octanol–water partition coefficient (Wildman–Crippen LogP) is 1.65. The quantitative estimate of drug-likeness (QED) is 0.768. The van der Waals surface area contributed by atoms with E-state index in [0.29, 0.717) is 12.0 Å². The van der Waals surface area contributed by atoms with Crippen LogP contribution in [-0.2, 0) is 9.53 Å². The van der Waals surface area contributed by atoms with Crippen molar-refractivity contribution in [2.45, 2.75) is 44.6 Å². The number of hydrogen-bond donors (Lipinski definition) is 2. The second kappa shape index (κ2) is 6.36. The molecule has 0 spiro atoms. The molecule has 1 heterocycles. The highest BCUT2D eigenvalue weighted by Crippen LogP contribution is 2.28. The maximum atomic E-state index is 10.8. The summed E-state index contributed by atoms with van der Waals surface area (Å²) in [5.74, 6) is -0.0489. The molecule has 4 nitrogen and oxygen atoms in total. The fourth-order valence-electron chi connectivity index (χ4n) is 2.87. The molecule has 17 heavy (non-hydrogen) atoms. The van der Waals surface area contributed by atoms with Crippen molar-refractivity contribution < 1.29 is 14.6 Å². The monoisotopic (exact) mass is 241 g/mol. The van der Waals surface area contributed by atoms with Crippen LogP contribution in [0.4, 0.5) is 0 Å². The Morgan fingerprint density at radius 3 is 2.53 bits per heavy atom. The first-order chi connectivity index (χ1) is 8.25. The lowest BCUT2D eigenvalue weighted by Crippen LogP contribution is -2.33. The minimum Gasteiger partial charge on any atom is -0.481 e. The molecule has 0 aromatic heterocycles. The van der Waals surface area contributed by atoms with Gasteiger partial charge >= 0.3 is 5.97 Å². The van der Waals surface area contributed by atoms with Crippen molar-refractivity contribution >= 4 is 5.97 Å². The van der Waals surface area contributed by atoms with Crippen molar-refractivity contribution in [1.29, 1.82) is 0 Å². The first kappa shape index (κ1) is 12.8. The molecule has 98 valence electrons. The average molecular weight is 241 g/mol. The van der Waals surface area contributed by atoms with Gasteiger partial charge in [-0.2, -0.15) is 0 Å². The van der Waals surface area contributed by atoms with E-state index in [0.717, 1.165) is 45.4 Å². The van der Waals surface area contributed by atoms with Gasteiger partial charge in [-0.1, -0.05) is 0 Å². The van der Waals surface area contributed by atoms with Gasteiger partial charge in [0.15, 0.2) is 0 Å². The number of nitrogens with one attached hydrogen (secondary N) is 1. The number of carboxylic acid groups (broad SMARTS) is 1. The summed E-state index contributed by atoms with van der Waals surface area (Å²) in [4.78, 5) is 10.8. The first-order valence-corrected chi connectivity index (χ1v) is 6.81. The van der Waals surface area contributed by atoms with Crippen molar-refractivity contribution in [3.63, 3.8) is 0 Å². The molecule has 2 N–H and O–H groups in total. The smallest absolute Gasteiger partial charge is 0.306 e. The van der Waals surface area contributed by atoms with Gasteiger partial charge in [0.1, 0.15) is 0 Å². The van der Waals surface area contributed by atoms with Gasteiger partial charge in [0.25, 0.3) is 0 Å². The molecule has 1 aliphatic carbocycles. The van der Waals surface area contributed by atoms with Crippen LogP contribution in [0.2, 0.25) is 0 Å². The fourth-order valence-corrected chi connectivity index (χ4v) is 2.87. The number of carbonyl (C=O) groups is 1. The molecule has 0 aromatic carbocycles. The first-order valence-electron chi connectivity index (χ1n) is 6.81. The Labute approximate surface area is 103 Å². The summed E-state index contributed by atoms with van der Waals surface area (Å²) in [5, 5.41) is 12.4. The lowest BCUT2D eigenvalue weighted by molar-refractivity contribution is -0.143. The molecule has 0 radical (unpaired) electrons. The Hall–Kier alpha value is -0.610. The van der Waals surface area contributed by atoms with Crippen LogP contribution in [0.15, 0.2) is 0 Å². The molecular formula is C13H23NO3. The Kier molecular flexibility index (Phi) is 4.80. The number of hydrogen-bond acceptors (Lipinski definition) is 3. The van der Waals surface area contributed by atoms with E-state index >= 15 is 0 Å². The van der Waals surface area contributed by atoms with Crippen molar-refractivity contribution in [2.24, 2.45) is 11.8 Å². The summed E-state index contributed by atoms with van der Waals surface area (Å²) in [5.41, 5.74) is 0. The molecule has 1 unspecified atom stereocenters. The molecular weight excluding hydrogens is 218 g/mol. The second-order valence-corrected chi connectivity index (χ2v) is 5.35. The van der Waals surface area contributed by atoms with Crippen LogP contribution in [0, 0.1) is 11.8 Å². The van der Waals surface area contributed by atoms with Gasteiger partial charge in [0.05, 0.1) is 12.0 Å². The maximum absolute atomic E-state index is 10.8. The molecule has 0 bridgehead atoms. The van der Waals surface area contributed by atoms with E-state index in [1.54, 1.807) is 0 Å². The SMILES string of the molecule is O=C(O)C1CCC(CNCC2CCCO2)CC1. The van der Waals surface area contributed by atoms with Crippen molar-refractivity contribution in [1.82, 2.24) is 5.32 Å². The molecule has 1 aliphatic heterocycles. The van der Waals surface area contributed by atoms with E-state index in [2.05, 4.69) is 5.32 Å². The highest BCUT2D eigenvalue weighted by atomic mass is 16.5. The zero-order chi connectivity index (χ0) is 12.1. The molecule has 2 aliphatic rings. The Morgan fingerprint density at radius 2 is 1.94 bits per heavy atom. The van der Waals surface area contributed by atoms with Crippen LogP contribution >= 0.6 is 0 Å². The van der Waals surface area contributed by atoms with Crippen molar-refractivity contribution in [3.05, 3.63) is 0 Å². The molecule has 2 fully saturated rings. The van der Waals surface area contributed by atoms with Crippen molar-refractivity contribution in [3.8, 4) is 0 Å². The lowest BCUT2D eigenvalue weighted by atomic mass is 9.82. The van der Waals surface area contributed by atoms with Gasteiger partial charge in [-0.15, -0.1) is 0 Å². The fraction of sp³-hybridized carbons (Fsp3) is 0.923. The Morgan fingerprint density at radius 1 is 1.18 bits per heavy atom. The maximum Gasteiger partial charge on any atom is 0.306 e. The second-order valence-electron chi connectivity index (χ2n) is 5.35. The third-order valence-electron chi connectivity index (χ3n) is 4.03. The Balaban J connectivity index is 1.56. The largest absolute Gasteiger partial charge is 0.481 e. The standard InChI is InChI=1S/C13H23NO3/c15-13(16)11-5-3-10(4-6-11)8-14-9-12-2-1-7-17-12/h10-12,14H,1-9H2,(H,15,16). The molecule has 4 heteroatoms. The van der Waals surface area contributed by atoms with E-state index in [9.17, 15) is 4.79 Å². The van der Waals surface area contributed by atoms with Crippen LogP contribution in [0.25, 0.3) is 0 Å². The van der Waals surface area contributed by atoms with Crippen LogP contribution in [0.3, 0.4) is 0 Å². The summed E-state index contributed by atoms with van der Waals surface area (Å²) in [6.07, 6.45) is 6.58. The molecule has 1 saturated heterocycles. The summed E-state index contributed by atoms with van der Waals surface area (Å²) in [7, 11) is 0. The van der Waals surface area contributed by atoms with Crippen molar-refractivity contribution in [2.75, 3.05) is 19.7 Å². The van der Waals surface area contributed by atoms with Gasteiger partial charge in [0.2, 0.25) is 0 Å². The topological polar surface area (TPSA) is 58.6 Å². The van der Waals surface area contributed by atoms with Crippen LogP contribution < -0.4 is 5.32 Å². The molecule has 1 saturated carbocycles. The number of ether oxygens (including phenoxy) is 1.